The zero-order chi connectivity index (χ0) is 21.8. The SMILES string of the molecule is CC(C)NS(=O)(=O)c1ccc(OCC(=O)Nc2ccc(S(N)(=O)=O)cc2)c(Cl)c1. The smallest absolute Gasteiger partial charge is 0.262 e. The molecule has 2 aromatic rings. The fourth-order valence-electron chi connectivity index (χ4n) is 2.21. The van der Waals surface area contributed by atoms with Crippen LogP contribution in [0.3, 0.4) is 0 Å². The van der Waals surface area contributed by atoms with Crippen LogP contribution in [0.5, 0.6) is 5.75 Å². The van der Waals surface area contributed by atoms with Crippen LogP contribution in [0.15, 0.2) is 52.3 Å². The third kappa shape index (κ3) is 6.68. The Bertz CT molecular complexity index is 1100. The molecular weight excluding hydrogens is 442 g/mol. The third-order valence-corrected chi connectivity index (χ3v) is 6.31. The summed E-state index contributed by atoms with van der Waals surface area (Å²) in [5.41, 5.74) is 0.346. The molecule has 0 aliphatic heterocycles. The van der Waals surface area contributed by atoms with E-state index in [-0.39, 0.29) is 26.6 Å². The minimum absolute atomic E-state index is 0.0250. The summed E-state index contributed by atoms with van der Waals surface area (Å²) in [6.45, 7) is 2.99. The zero-order valence-corrected chi connectivity index (χ0v) is 17.9. The van der Waals surface area contributed by atoms with Crippen molar-refractivity contribution in [3.63, 3.8) is 0 Å². The van der Waals surface area contributed by atoms with E-state index >= 15 is 0 Å². The lowest BCUT2D eigenvalue weighted by Gasteiger charge is -2.12. The maximum absolute atomic E-state index is 12.1. The molecule has 0 spiro atoms. The summed E-state index contributed by atoms with van der Waals surface area (Å²) < 4.78 is 54.5. The summed E-state index contributed by atoms with van der Waals surface area (Å²) in [5, 5.41) is 7.55. The second-order valence-corrected chi connectivity index (χ2v) is 9.96. The lowest BCUT2D eigenvalue weighted by Crippen LogP contribution is -2.30. The van der Waals surface area contributed by atoms with E-state index < -0.39 is 32.6 Å². The van der Waals surface area contributed by atoms with Gasteiger partial charge in [0.05, 0.1) is 14.8 Å². The number of nitrogens with two attached hydrogens (primary N) is 1. The van der Waals surface area contributed by atoms with Gasteiger partial charge in [-0.25, -0.2) is 26.7 Å². The van der Waals surface area contributed by atoms with Crippen molar-refractivity contribution in [1.82, 2.24) is 4.72 Å². The minimum atomic E-state index is -3.82. The molecule has 158 valence electrons. The first kappa shape index (κ1) is 23.1. The van der Waals surface area contributed by atoms with E-state index in [2.05, 4.69) is 10.0 Å². The van der Waals surface area contributed by atoms with E-state index in [1.807, 2.05) is 0 Å². The first-order valence-corrected chi connectivity index (χ1v) is 11.7. The molecule has 0 heterocycles. The van der Waals surface area contributed by atoms with Gasteiger partial charge in [-0.3, -0.25) is 4.79 Å². The molecule has 0 radical (unpaired) electrons. The molecule has 1 amide bonds. The number of ether oxygens (including phenoxy) is 1. The van der Waals surface area contributed by atoms with Gasteiger partial charge < -0.3 is 10.1 Å². The van der Waals surface area contributed by atoms with Crippen LogP contribution in [0.2, 0.25) is 5.02 Å². The van der Waals surface area contributed by atoms with Crippen molar-refractivity contribution in [2.45, 2.75) is 29.7 Å². The van der Waals surface area contributed by atoms with Crippen LogP contribution in [0.4, 0.5) is 5.69 Å². The lowest BCUT2D eigenvalue weighted by atomic mass is 10.3. The number of primary sulfonamides is 1. The Kier molecular flexibility index (Phi) is 7.25. The van der Waals surface area contributed by atoms with Gasteiger partial charge in [0.15, 0.2) is 6.61 Å². The maximum Gasteiger partial charge on any atom is 0.262 e. The molecule has 4 N–H and O–H groups in total. The molecule has 12 heteroatoms. The quantitative estimate of drug-likeness (QED) is 0.545. The Morgan fingerprint density at radius 1 is 1.07 bits per heavy atom. The van der Waals surface area contributed by atoms with Gasteiger partial charge in [-0.15, -0.1) is 0 Å². The number of hydrogen-bond acceptors (Lipinski definition) is 6. The molecule has 0 aliphatic carbocycles. The predicted octanol–water partition coefficient (Wildman–Crippen LogP) is 1.69. The van der Waals surface area contributed by atoms with E-state index in [1.54, 1.807) is 13.8 Å². The summed E-state index contributed by atoms with van der Waals surface area (Å²) >= 11 is 6.06. The van der Waals surface area contributed by atoms with E-state index in [9.17, 15) is 21.6 Å². The first-order valence-electron chi connectivity index (χ1n) is 8.26. The molecule has 29 heavy (non-hydrogen) atoms. The average molecular weight is 462 g/mol. The number of hydrogen-bond donors (Lipinski definition) is 3. The van der Waals surface area contributed by atoms with Crippen LogP contribution in [0.25, 0.3) is 0 Å². The highest BCUT2D eigenvalue weighted by Gasteiger charge is 2.17. The molecule has 0 aromatic heterocycles. The Hall–Kier alpha value is -2.18. The van der Waals surface area contributed by atoms with Crippen LogP contribution in [0, 0.1) is 0 Å². The molecule has 0 saturated heterocycles. The number of nitrogens with one attached hydrogen (secondary N) is 2. The molecule has 0 aliphatic rings. The second-order valence-electron chi connectivity index (χ2n) is 6.27. The monoisotopic (exact) mass is 461 g/mol. The van der Waals surface area contributed by atoms with Crippen LogP contribution >= 0.6 is 11.6 Å². The fraction of sp³-hybridized carbons (Fsp3) is 0.235. The largest absolute Gasteiger partial charge is 0.482 e. The van der Waals surface area contributed by atoms with Crippen LogP contribution in [-0.4, -0.2) is 35.4 Å². The highest BCUT2D eigenvalue weighted by atomic mass is 35.5. The van der Waals surface area contributed by atoms with Crippen LogP contribution in [-0.2, 0) is 24.8 Å². The van der Waals surface area contributed by atoms with Crippen LogP contribution < -0.4 is 19.9 Å². The van der Waals surface area contributed by atoms with Gasteiger partial charge in [0.1, 0.15) is 5.75 Å². The summed E-state index contributed by atoms with van der Waals surface area (Å²) in [6, 6.07) is 8.89. The van der Waals surface area contributed by atoms with Crippen molar-refractivity contribution in [2.24, 2.45) is 5.14 Å². The Labute approximate surface area is 174 Å². The van der Waals surface area contributed by atoms with Gasteiger partial charge in [0.2, 0.25) is 20.0 Å². The Balaban J connectivity index is 2.00. The number of amides is 1. The number of carbonyl (C=O) groups is 1. The molecule has 2 aromatic carbocycles. The molecule has 2 rings (SSSR count). The number of benzene rings is 2. The summed E-state index contributed by atoms with van der Waals surface area (Å²) in [6.07, 6.45) is 0. The van der Waals surface area contributed by atoms with Gasteiger partial charge in [0.25, 0.3) is 5.91 Å². The van der Waals surface area contributed by atoms with Crippen molar-refractivity contribution in [3.05, 3.63) is 47.5 Å². The highest BCUT2D eigenvalue weighted by molar-refractivity contribution is 7.89. The molecule has 0 unspecified atom stereocenters. The summed E-state index contributed by atoms with van der Waals surface area (Å²) in [4.78, 5) is 11.9. The number of rotatable bonds is 8. The van der Waals surface area contributed by atoms with Crippen molar-refractivity contribution in [1.29, 1.82) is 0 Å². The first-order chi connectivity index (χ1) is 13.4. The lowest BCUT2D eigenvalue weighted by molar-refractivity contribution is -0.118. The average Bonchev–Trinajstić information content (AvgIpc) is 2.59. The standard InChI is InChI=1S/C17H20ClN3O6S2/c1-11(2)21-29(25,26)14-7-8-16(15(18)9-14)27-10-17(22)20-12-3-5-13(6-4-12)28(19,23)24/h3-9,11,21H,10H2,1-2H3,(H,20,22)(H2,19,23,24). The van der Waals surface area contributed by atoms with Crippen molar-refractivity contribution < 1.29 is 26.4 Å². The van der Waals surface area contributed by atoms with Crippen molar-refractivity contribution in [3.8, 4) is 5.75 Å². The number of sulfonamides is 2. The summed E-state index contributed by atoms with van der Waals surface area (Å²) in [5.74, 6) is -0.391. The summed E-state index contributed by atoms with van der Waals surface area (Å²) in [7, 11) is -7.53. The second kappa shape index (κ2) is 9.09. The van der Waals surface area contributed by atoms with Crippen molar-refractivity contribution >= 4 is 43.2 Å². The van der Waals surface area contributed by atoms with Gasteiger partial charge in [-0.1, -0.05) is 11.6 Å². The minimum Gasteiger partial charge on any atom is -0.482 e. The Morgan fingerprint density at radius 3 is 2.17 bits per heavy atom. The maximum atomic E-state index is 12.1. The van der Waals surface area contributed by atoms with Gasteiger partial charge in [-0.05, 0) is 56.3 Å². The number of carbonyl (C=O) groups excluding carboxylic acids is 1. The van der Waals surface area contributed by atoms with E-state index in [1.165, 1.54) is 42.5 Å². The molecule has 0 bridgehead atoms. The van der Waals surface area contributed by atoms with Gasteiger partial charge in [0, 0.05) is 11.7 Å². The molecule has 9 nitrogen and oxygen atoms in total. The van der Waals surface area contributed by atoms with E-state index in [0.717, 1.165) is 0 Å². The van der Waals surface area contributed by atoms with E-state index in [0.29, 0.717) is 5.69 Å². The Morgan fingerprint density at radius 2 is 1.66 bits per heavy atom. The molecule has 0 fully saturated rings. The molecule has 0 saturated carbocycles. The number of anilines is 1. The van der Waals surface area contributed by atoms with E-state index in [4.69, 9.17) is 21.5 Å². The third-order valence-electron chi connectivity index (χ3n) is 3.43. The van der Waals surface area contributed by atoms with Gasteiger partial charge in [-0.2, -0.15) is 0 Å². The zero-order valence-electron chi connectivity index (χ0n) is 15.5. The van der Waals surface area contributed by atoms with Crippen LogP contribution in [0.1, 0.15) is 13.8 Å². The normalized spacial score (nSPS) is 12.0. The molecular formula is C17H20ClN3O6S2. The van der Waals surface area contributed by atoms with Crippen molar-refractivity contribution in [2.75, 3.05) is 11.9 Å². The van der Waals surface area contributed by atoms with Gasteiger partial charge >= 0.3 is 0 Å². The predicted molar refractivity (Wildman–Crippen MR) is 109 cm³/mol. The fourth-order valence-corrected chi connectivity index (χ4v) is 4.30. The molecule has 0 atom stereocenters. The topological polar surface area (TPSA) is 145 Å². The number of halogens is 1. The highest BCUT2D eigenvalue weighted by Crippen LogP contribution is 2.27.